The lowest BCUT2D eigenvalue weighted by molar-refractivity contribution is -0.129. The van der Waals surface area contributed by atoms with E-state index in [1.807, 2.05) is 37.3 Å². The zero-order valence-corrected chi connectivity index (χ0v) is 19.3. The Labute approximate surface area is 191 Å². The van der Waals surface area contributed by atoms with Gasteiger partial charge in [-0.2, -0.15) is 9.57 Å². The molecule has 3 aromatic rings. The van der Waals surface area contributed by atoms with Crippen LogP contribution in [0.1, 0.15) is 12.5 Å². The number of carbonyl (C=O) groups is 1. The van der Waals surface area contributed by atoms with Gasteiger partial charge >= 0.3 is 0 Å². The average Bonchev–Trinajstić information content (AvgIpc) is 3.20. The summed E-state index contributed by atoms with van der Waals surface area (Å²) in [6.07, 6.45) is 0. The summed E-state index contributed by atoms with van der Waals surface area (Å²) in [5.41, 5.74) is 2.07. The molecule has 1 saturated heterocycles. The van der Waals surface area contributed by atoms with E-state index in [1.54, 1.807) is 17.0 Å². The Balaban J connectivity index is 1.39. The summed E-state index contributed by atoms with van der Waals surface area (Å²) in [5, 5.41) is 10.0. The molecule has 0 aliphatic carbocycles. The van der Waals surface area contributed by atoms with Gasteiger partial charge < -0.3 is 9.47 Å². The van der Waals surface area contributed by atoms with Crippen LogP contribution < -0.4 is 0 Å². The van der Waals surface area contributed by atoms with E-state index < -0.39 is 10.0 Å². The molecule has 0 spiro atoms. The van der Waals surface area contributed by atoms with Crippen LogP contribution in [-0.4, -0.2) is 65.0 Å². The maximum atomic E-state index is 13.0. The minimum absolute atomic E-state index is 0.0105. The minimum atomic E-state index is -3.78. The lowest BCUT2D eigenvalue weighted by atomic mass is 10.2. The summed E-state index contributed by atoms with van der Waals surface area (Å²) >= 11 is 1.40. The van der Waals surface area contributed by atoms with Crippen LogP contribution in [0.3, 0.4) is 0 Å². The molecule has 0 atom stereocenters. The molecule has 1 aromatic heterocycles. The van der Waals surface area contributed by atoms with Crippen LogP contribution in [0.5, 0.6) is 0 Å². The number of para-hydroxylation sites is 2. The third-order valence-corrected chi connectivity index (χ3v) is 8.40. The van der Waals surface area contributed by atoms with Crippen LogP contribution in [0.4, 0.5) is 0 Å². The van der Waals surface area contributed by atoms with Gasteiger partial charge in [-0.1, -0.05) is 36.0 Å². The van der Waals surface area contributed by atoms with Crippen LogP contribution in [-0.2, 0) is 21.4 Å². The molecule has 0 N–H and O–H groups in total. The van der Waals surface area contributed by atoms with Gasteiger partial charge in [0.1, 0.15) is 6.07 Å². The van der Waals surface area contributed by atoms with Crippen molar-refractivity contribution in [2.75, 3.05) is 31.9 Å². The first-order valence-corrected chi connectivity index (χ1v) is 12.7. The topological polar surface area (TPSA) is 99.3 Å². The van der Waals surface area contributed by atoms with Gasteiger partial charge in [0, 0.05) is 32.7 Å². The number of aryl methyl sites for hydroxylation is 1. The summed E-state index contributed by atoms with van der Waals surface area (Å²) < 4.78 is 29.4. The van der Waals surface area contributed by atoms with E-state index in [2.05, 4.69) is 9.55 Å². The number of amides is 1. The Kier molecular flexibility index (Phi) is 6.50. The molecule has 1 aliphatic rings. The fraction of sp³-hybridized carbons (Fsp3) is 0.318. The number of hydrogen-bond donors (Lipinski definition) is 0. The van der Waals surface area contributed by atoms with Gasteiger partial charge in [-0.05, 0) is 31.2 Å². The first kappa shape index (κ1) is 22.3. The normalized spacial score (nSPS) is 15.1. The van der Waals surface area contributed by atoms with Crippen LogP contribution >= 0.6 is 11.8 Å². The van der Waals surface area contributed by atoms with Crippen LogP contribution in [0.15, 0.2) is 58.6 Å². The molecule has 10 heteroatoms. The molecule has 0 saturated carbocycles. The molecule has 0 bridgehead atoms. The highest BCUT2D eigenvalue weighted by Crippen LogP contribution is 2.25. The molecule has 1 amide bonds. The molecular formula is C22H23N5O3S2. The Morgan fingerprint density at radius 2 is 1.78 bits per heavy atom. The number of nitrogens with zero attached hydrogens (tertiary/aromatic N) is 5. The second-order valence-corrected chi connectivity index (χ2v) is 10.2. The third-order valence-electron chi connectivity index (χ3n) is 5.48. The number of rotatable bonds is 6. The largest absolute Gasteiger partial charge is 0.339 e. The zero-order chi connectivity index (χ0) is 22.7. The van der Waals surface area contributed by atoms with Crippen molar-refractivity contribution in [3.05, 3.63) is 54.1 Å². The molecule has 2 heterocycles. The lowest BCUT2D eigenvalue weighted by Crippen LogP contribution is -2.51. The minimum Gasteiger partial charge on any atom is -0.339 e. The first-order valence-electron chi connectivity index (χ1n) is 10.3. The molecular weight excluding hydrogens is 446 g/mol. The van der Waals surface area contributed by atoms with E-state index in [-0.39, 0.29) is 35.2 Å². The Hall–Kier alpha value is -2.87. The van der Waals surface area contributed by atoms with Crippen molar-refractivity contribution in [3.8, 4) is 6.07 Å². The second kappa shape index (κ2) is 9.32. The average molecular weight is 470 g/mol. The summed E-state index contributed by atoms with van der Waals surface area (Å²) in [5.74, 6) is 0.201. The highest BCUT2D eigenvalue weighted by Gasteiger charge is 2.31. The molecule has 2 aromatic carbocycles. The van der Waals surface area contributed by atoms with E-state index in [1.165, 1.54) is 28.2 Å². The molecule has 32 heavy (non-hydrogen) atoms. The van der Waals surface area contributed by atoms with Crippen molar-refractivity contribution in [2.24, 2.45) is 0 Å². The maximum absolute atomic E-state index is 13.0. The highest BCUT2D eigenvalue weighted by molar-refractivity contribution is 7.99. The number of carbonyl (C=O) groups excluding carboxylic acids is 1. The Morgan fingerprint density at radius 3 is 2.50 bits per heavy atom. The highest BCUT2D eigenvalue weighted by atomic mass is 32.2. The number of nitriles is 1. The van der Waals surface area contributed by atoms with E-state index in [4.69, 9.17) is 0 Å². The third kappa shape index (κ3) is 4.24. The fourth-order valence-electron chi connectivity index (χ4n) is 3.79. The number of aromatic nitrogens is 2. The smallest absolute Gasteiger partial charge is 0.244 e. The quantitative estimate of drug-likeness (QED) is 0.515. The monoisotopic (exact) mass is 469 g/mol. The van der Waals surface area contributed by atoms with E-state index >= 15 is 0 Å². The lowest BCUT2D eigenvalue weighted by Gasteiger charge is -2.34. The van der Waals surface area contributed by atoms with Crippen LogP contribution in [0.2, 0.25) is 0 Å². The van der Waals surface area contributed by atoms with Crippen LogP contribution in [0, 0.1) is 11.3 Å². The Morgan fingerprint density at radius 1 is 1.09 bits per heavy atom. The van der Waals surface area contributed by atoms with Crippen molar-refractivity contribution < 1.29 is 13.2 Å². The number of benzene rings is 2. The number of imidazole rings is 1. The number of hydrogen-bond acceptors (Lipinski definition) is 6. The molecule has 166 valence electrons. The number of sulfonamides is 1. The number of piperazine rings is 1. The van der Waals surface area contributed by atoms with E-state index in [0.717, 1.165) is 22.7 Å². The molecule has 0 radical (unpaired) electrons. The molecule has 8 nitrogen and oxygen atoms in total. The zero-order valence-electron chi connectivity index (χ0n) is 17.6. The van der Waals surface area contributed by atoms with Gasteiger partial charge in [-0.25, -0.2) is 13.4 Å². The summed E-state index contributed by atoms with van der Waals surface area (Å²) in [6, 6.07) is 16.0. The van der Waals surface area contributed by atoms with E-state index in [9.17, 15) is 18.5 Å². The molecule has 1 fully saturated rings. The maximum Gasteiger partial charge on any atom is 0.244 e. The van der Waals surface area contributed by atoms with Crippen molar-refractivity contribution in [1.29, 1.82) is 5.26 Å². The fourth-order valence-corrected chi connectivity index (χ4v) is 6.33. The predicted octanol–water partition coefficient (Wildman–Crippen LogP) is 2.55. The Bertz CT molecular complexity index is 1290. The van der Waals surface area contributed by atoms with Crippen molar-refractivity contribution in [3.63, 3.8) is 0 Å². The summed E-state index contributed by atoms with van der Waals surface area (Å²) in [7, 11) is -3.78. The SMILES string of the molecule is CCn1c(SCC(=O)N2CCN(S(=O)(=O)c3ccccc3C#N)CC2)nc2ccccc21. The molecule has 1 aliphatic heterocycles. The number of fused-ring (bicyclic) bond motifs is 1. The van der Waals surface area contributed by atoms with Gasteiger partial charge in [0.25, 0.3) is 0 Å². The van der Waals surface area contributed by atoms with Crippen molar-refractivity contribution in [1.82, 2.24) is 18.8 Å². The van der Waals surface area contributed by atoms with Crippen LogP contribution in [0.25, 0.3) is 11.0 Å². The predicted molar refractivity (Wildman–Crippen MR) is 123 cm³/mol. The summed E-state index contributed by atoms with van der Waals surface area (Å²) in [6.45, 7) is 3.84. The standard InChI is InChI=1S/C22H23N5O3S2/c1-2-27-19-9-5-4-8-18(19)24-22(27)31-16-21(28)25-11-13-26(14-12-25)32(29,30)20-10-6-3-7-17(20)15-23/h3-10H,2,11-14,16H2,1H3. The van der Waals surface area contributed by atoms with Gasteiger partial charge in [-0.15, -0.1) is 0 Å². The molecule has 4 rings (SSSR count). The van der Waals surface area contributed by atoms with Gasteiger partial charge in [0.15, 0.2) is 5.16 Å². The summed E-state index contributed by atoms with van der Waals surface area (Å²) in [4.78, 5) is 19.1. The van der Waals surface area contributed by atoms with Crippen molar-refractivity contribution >= 4 is 38.7 Å². The van der Waals surface area contributed by atoms with Crippen molar-refractivity contribution in [2.45, 2.75) is 23.5 Å². The van der Waals surface area contributed by atoms with Gasteiger partial charge in [0.05, 0.1) is 27.2 Å². The van der Waals surface area contributed by atoms with E-state index in [0.29, 0.717) is 13.1 Å². The first-order chi connectivity index (χ1) is 15.5. The molecule has 0 unspecified atom stereocenters. The van der Waals surface area contributed by atoms with Gasteiger partial charge in [-0.3, -0.25) is 4.79 Å². The second-order valence-electron chi connectivity index (χ2n) is 7.31. The van der Waals surface area contributed by atoms with Gasteiger partial charge in [0.2, 0.25) is 15.9 Å². The number of thioether (sulfide) groups is 1.